The van der Waals surface area contributed by atoms with E-state index in [1.165, 1.54) is 24.3 Å². The molecule has 2 saturated heterocycles. The Labute approximate surface area is 102 Å². The zero-order valence-corrected chi connectivity index (χ0v) is 10.7. The molecule has 2 aliphatic rings. The van der Waals surface area contributed by atoms with Crippen LogP contribution in [0.25, 0.3) is 0 Å². The SMILES string of the molecule is OCC1(CN[C@H]2CCCSC2)CCOCC1. The molecule has 2 rings (SSSR count). The molecular formula is C12H23NO2S. The molecule has 0 aromatic carbocycles. The van der Waals surface area contributed by atoms with Crippen LogP contribution in [0.3, 0.4) is 0 Å². The molecule has 3 nitrogen and oxygen atoms in total. The van der Waals surface area contributed by atoms with Crippen molar-refractivity contribution >= 4 is 11.8 Å². The van der Waals surface area contributed by atoms with Gasteiger partial charge in [0.1, 0.15) is 0 Å². The van der Waals surface area contributed by atoms with Gasteiger partial charge in [-0.3, -0.25) is 0 Å². The molecule has 4 heteroatoms. The van der Waals surface area contributed by atoms with Gasteiger partial charge < -0.3 is 15.2 Å². The smallest absolute Gasteiger partial charge is 0.0501 e. The summed E-state index contributed by atoms with van der Waals surface area (Å²) in [6.45, 7) is 2.87. The molecule has 0 aliphatic carbocycles. The number of rotatable bonds is 4. The van der Waals surface area contributed by atoms with Crippen molar-refractivity contribution in [3.63, 3.8) is 0 Å². The third-order valence-electron chi connectivity index (χ3n) is 3.81. The maximum atomic E-state index is 9.57. The van der Waals surface area contributed by atoms with Gasteiger partial charge in [0.2, 0.25) is 0 Å². The van der Waals surface area contributed by atoms with Crippen molar-refractivity contribution in [1.29, 1.82) is 0 Å². The monoisotopic (exact) mass is 245 g/mol. The summed E-state index contributed by atoms with van der Waals surface area (Å²) in [5.74, 6) is 2.55. The van der Waals surface area contributed by atoms with Gasteiger partial charge in [0.15, 0.2) is 0 Å². The van der Waals surface area contributed by atoms with Gasteiger partial charge in [-0.25, -0.2) is 0 Å². The molecule has 2 N–H and O–H groups in total. The highest BCUT2D eigenvalue weighted by Gasteiger charge is 2.32. The normalized spacial score (nSPS) is 30.2. The van der Waals surface area contributed by atoms with Crippen molar-refractivity contribution in [2.45, 2.75) is 31.7 Å². The summed E-state index contributed by atoms with van der Waals surface area (Å²) < 4.78 is 5.38. The number of thioether (sulfide) groups is 1. The number of nitrogens with one attached hydrogen (secondary N) is 1. The van der Waals surface area contributed by atoms with Crippen LogP contribution in [0.4, 0.5) is 0 Å². The second-order valence-corrected chi connectivity index (χ2v) is 6.22. The predicted octanol–water partition coefficient (Wildman–Crippen LogP) is 1.26. The van der Waals surface area contributed by atoms with E-state index in [2.05, 4.69) is 5.32 Å². The van der Waals surface area contributed by atoms with E-state index in [0.29, 0.717) is 12.6 Å². The number of hydrogen-bond donors (Lipinski definition) is 2. The summed E-state index contributed by atoms with van der Waals surface area (Å²) in [6, 6.07) is 0.657. The Bertz CT molecular complexity index is 201. The van der Waals surface area contributed by atoms with E-state index in [-0.39, 0.29) is 5.41 Å². The predicted molar refractivity (Wildman–Crippen MR) is 67.9 cm³/mol. The van der Waals surface area contributed by atoms with Crippen molar-refractivity contribution in [2.24, 2.45) is 5.41 Å². The lowest BCUT2D eigenvalue weighted by molar-refractivity contribution is -0.0163. The van der Waals surface area contributed by atoms with Crippen LogP contribution in [-0.2, 0) is 4.74 Å². The minimum Gasteiger partial charge on any atom is -0.396 e. The third-order valence-corrected chi connectivity index (χ3v) is 5.03. The zero-order chi connectivity index (χ0) is 11.3. The van der Waals surface area contributed by atoms with E-state index in [0.717, 1.165) is 32.6 Å². The molecule has 0 bridgehead atoms. The first kappa shape index (κ1) is 12.7. The van der Waals surface area contributed by atoms with E-state index in [9.17, 15) is 5.11 Å². The molecule has 2 aliphatic heterocycles. The van der Waals surface area contributed by atoms with E-state index in [1.54, 1.807) is 0 Å². The maximum absolute atomic E-state index is 9.57. The van der Waals surface area contributed by atoms with Gasteiger partial charge >= 0.3 is 0 Å². The van der Waals surface area contributed by atoms with E-state index in [1.807, 2.05) is 11.8 Å². The fourth-order valence-electron chi connectivity index (χ4n) is 2.46. The number of hydrogen-bond acceptors (Lipinski definition) is 4. The highest BCUT2D eigenvalue weighted by atomic mass is 32.2. The summed E-state index contributed by atoms with van der Waals surface area (Å²) in [6.07, 6.45) is 4.62. The van der Waals surface area contributed by atoms with E-state index >= 15 is 0 Å². The molecule has 0 unspecified atom stereocenters. The largest absolute Gasteiger partial charge is 0.396 e. The van der Waals surface area contributed by atoms with Crippen LogP contribution in [0.2, 0.25) is 0 Å². The lowest BCUT2D eigenvalue weighted by Crippen LogP contribution is -2.46. The average Bonchev–Trinajstić information content (AvgIpc) is 2.39. The van der Waals surface area contributed by atoms with Crippen LogP contribution >= 0.6 is 11.8 Å². The van der Waals surface area contributed by atoms with E-state index < -0.39 is 0 Å². The molecule has 0 radical (unpaired) electrons. The van der Waals surface area contributed by atoms with Crippen LogP contribution in [-0.4, -0.2) is 49.0 Å². The van der Waals surface area contributed by atoms with Gasteiger partial charge in [-0.2, -0.15) is 11.8 Å². The van der Waals surface area contributed by atoms with Gasteiger partial charge in [0, 0.05) is 37.0 Å². The Morgan fingerprint density at radius 1 is 1.38 bits per heavy atom. The standard InChI is InChI=1S/C12H23NO2S/c14-10-12(3-5-15-6-4-12)9-13-11-2-1-7-16-8-11/h11,13-14H,1-10H2/t11-/m0/s1. The first-order valence-electron chi connectivity index (χ1n) is 6.34. The van der Waals surface area contributed by atoms with Crippen LogP contribution < -0.4 is 5.32 Å². The molecule has 1 atom stereocenters. The van der Waals surface area contributed by atoms with E-state index in [4.69, 9.17) is 4.74 Å². The molecular weight excluding hydrogens is 222 g/mol. The second-order valence-electron chi connectivity index (χ2n) is 5.07. The third kappa shape index (κ3) is 3.36. The van der Waals surface area contributed by atoms with Crippen LogP contribution in [0.15, 0.2) is 0 Å². The molecule has 0 aromatic rings. The molecule has 0 spiro atoms. The lowest BCUT2D eigenvalue weighted by Gasteiger charge is -2.37. The van der Waals surface area contributed by atoms with Crippen LogP contribution in [0.1, 0.15) is 25.7 Å². The lowest BCUT2D eigenvalue weighted by atomic mass is 9.81. The minimum atomic E-state index is 0.0837. The molecule has 16 heavy (non-hydrogen) atoms. The zero-order valence-electron chi connectivity index (χ0n) is 9.91. The van der Waals surface area contributed by atoms with Crippen molar-refractivity contribution in [1.82, 2.24) is 5.32 Å². The fourth-order valence-corrected chi connectivity index (χ4v) is 3.56. The van der Waals surface area contributed by atoms with Crippen molar-refractivity contribution in [3.05, 3.63) is 0 Å². The molecule has 0 saturated carbocycles. The summed E-state index contributed by atoms with van der Waals surface area (Å²) in [5, 5.41) is 13.2. The Kier molecular flexibility index (Phi) is 4.95. The summed E-state index contributed by atoms with van der Waals surface area (Å²) in [7, 11) is 0. The van der Waals surface area contributed by atoms with Crippen LogP contribution in [0.5, 0.6) is 0 Å². The molecule has 94 valence electrons. The number of ether oxygens (including phenoxy) is 1. The van der Waals surface area contributed by atoms with Gasteiger partial charge in [-0.1, -0.05) is 0 Å². The summed E-state index contributed by atoms with van der Waals surface area (Å²) >= 11 is 2.05. The Hall–Kier alpha value is 0.230. The highest BCUT2D eigenvalue weighted by molar-refractivity contribution is 7.99. The maximum Gasteiger partial charge on any atom is 0.0501 e. The first-order valence-corrected chi connectivity index (χ1v) is 7.50. The van der Waals surface area contributed by atoms with Crippen LogP contribution in [0, 0.1) is 5.41 Å². The number of aliphatic hydroxyl groups excluding tert-OH is 1. The van der Waals surface area contributed by atoms with Gasteiger partial charge in [0.05, 0.1) is 6.61 Å². The highest BCUT2D eigenvalue weighted by Crippen LogP contribution is 2.29. The Morgan fingerprint density at radius 2 is 2.19 bits per heavy atom. The first-order chi connectivity index (χ1) is 7.85. The average molecular weight is 245 g/mol. The van der Waals surface area contributed by atoms with Crippen molar-refractivity contribution < 1.29 is 9.84 Å². The van der Waals surface area contributed by atoms with Crippen molar-refractivity contribution in [2.75, 3.05) is 37.9 Å². The quantitative estimate of drug-likeness (QED) is 0.782. The Balaban J connectivity index is 1.77. The Morgan fingerprint density at radius 3 is 2.81 bits per heavy atom. The minimum absolute atomic E-state index is 0.0837. The molecule has 0 aromatic heterocycles. The van der Waals surface area contributed by atoms with Crippen molar-refractivity contribution in [3.8, 4) is 0 Å². The van der Waals surface area contributed by atoms with Gasteiger partial charge in [-0.15, -0.1) is 0 Å². The fraction of sp³-hybridized carbons (Fsp3) is 1.00. The van der Waals surface area contributed by atoms with Gasteiger partial charge in [-0.05, 0) is 31.4 Å². The molecule has 2 heterocycles. The summed E-state index contributed by atoms with van der Waals surface area (Å²) in [5.41, 5.74) is 0.0837. The van der Waals surface area contributed by atoms with Gasteiger partial charge in [0.25, 0.3) is 0 Å². The summed E-state index contributed by atoms with van der Waals surface area (Å²) in [4.78, 5) is 0. The molecule has 2 fully saturated rings. The number of aliphatic hydroxyl groups is 1. The topological polar surface area (TPSA) is 41.5 Å². The second kappa shape index (κ2) is 6.24. The molecule has 0 amide bonds.